The molecule has 86 valence electrons. The lowest BCUT2D eigenvalue weighted by atomic mass is 9.78. The van der Waals surface area contributed by atoms with Gasteiger partial charge in [-0.2, -0.15) is 0 Å². The number of rotatable bonds is 2. The fourth-order valence-electron chi connectivity index (χ4n) is 2.78. The van der Waals surface area contributed by atoms with Crippen LogP contribution in [0.25, 0.3) is 0 Å². The third-order valence-electron chi connectivity index (χ3n) is 3.60. The third-order valence-corrected chi connectivity index (χ3v) is 3.60. The van der Waals surface area contributed by atoms with Crippen LogP contribution in [0.2, 0.25) is 0 Å². The van der Waals surface area contributed by atoms with Crippen molar-refractivity contribution in [2.45, 2.75) is 45.3 Å². The van der Waals surface area contributed by atoms with Crippen molar-refractivity contribution in [2.75, 3.05) is 13.1 Å². The fourth-order valence-corrected chi connectivity index (χ4v) is 2.78. The van der Waals surface area contributed by atoms with E-state index in [0.717, 1.165) is 19.5 Å². The summed E-state index contributed by atoms with van der Waals surface area (Å²) in [6.07, 6.45) is 0.856. The van der Waals surface area contributed by atoms with Crippen molar-refractivity contribution in [1.29, 1.82) is 0 Å². The summed E-state index contributed by atoms with van der Waals surface area (Å²) >= 11 is 0. The van der Waals surface area contributed by atoms with E-state index in [2.05, 4.69) is 19.2 Å². The maximum atomic E-state index is 12.2. The van der Waals surface area contributed by atoms with E-state index in [1.807, 2.05) is 13.8 Å². The van der Waals surface area contributed by atoms with E-state index in [1.165, 1.54) is 0 Å². The number of ether oxygens (including phenoxy) is 1. The van der Waals surface area contributed by atoms with Gasteiger partial charge in [0.2, 0.25) is 0 Å². The molecule has 1 N–H and O–H groups in total. The van der Waals surface area contributed by atoms with Crippen molar-refractivity contribution in [3.8, 4) is 0 Å². The average Bonchev–Trinajstić information content (AvgIpc) is 2.14. The Morgan fingerprint density at radius 3 is 2.20 bits per heavy atom. The van der Waals surface area contributed by atoms with Crippen molar-refractivity contribution >= 4 is 5.78 Å². The van der Waals surface area contributed by atoms with E-state index in [9.17, 15) is 4.79 Å². The Morgan fingerprint density at radius 2 is 1.87 bits per heavy atom. The predicted octanol–water partition coefficient (Wildman–Crippen LogP) is 1.37. The van der Waals surface area contributed by atoms with E-state index in [1.54, 1.807) is 0 Å². The zero-order chi connectivity index (χ0) is 11.3. The van der Waals surface area contributed by atoms with Gasteiger partial charge in [-0.05, 0) is 34.1 Å². The van der Waals surface area contributed by atoms with Gasteiger partial charge in [0.25, 0.3) is 0 Å². The SMILES string of the molecule is CC1(C)CC(C(=O)C2CNC2)C(C)(C)O1. The van der Waals surface area contributed by atoms with Gasteiger partial charge in [0.1, 0.15) is 5.78 Å². The molecule has 0 spiro atoms. The van der Waals surface area contributed by atoms with Crippen LogP contribution in [-0.4, -0.2) is 30.1 Å². The second-order valence-corrected chi connectivity index (χ2v) is 5.98. The monoisotopic (exact) mass is 211 g/mol. The van der Waals surface area contributed by atoms with Gasteiger partial charge in [0.15, 0.2) is 0 Å². The molecule has 0 bridgehead atoms. The Balaban J connectivity index is 2.11. The summed E-state index contributed by atoms with van der Waals surface area (Å²) in [4.78, 5) is 12.2. The van der Waals surface area contributed by atoms with Crippen LogP contribution in [0.4, 0.5) is 0 Å². The number of ketones is 1. The average molecular weight is 211 g/mol. The number of Topliss-reactive ketones (excluding diaryl/α,β-unsaturated/α-hetero) is 1. The first-order chi connectivity index (χ1) is 6.82. The first-order valence-corrected chi connectivity index (χ1v) is 5.76. The van der Waals surface area contributed by atoms with E-state index in [0.29, 0.717) is 5.78 Å². The summed E-state index contributed by atoms with van der Waals surface area (Å²) in [5.41, 5.74) is -0.447. The molecular formula is C12H21NO2. The van der Waals surface area contributed by atoms with Gasteiger partial charge in [-0.3, -0.25) is 4.79 Å². The highest BCUT2D eigenvalue weighted by Gasteiger charge is 2.50. The Labute approximate surface area is 91.6 Å². The smallest absolute Gasteiger partial charge is 0.144 e. The molecule has 0 amide bonds. The van der Waals surface area contributed by atoms with E-state index >= 15 is 0 Å². The Morgan fingerprint density at radius 1 is 1.27 bits per heavy atom. The first-order valence-electron chi connectivity index (χ1n) is 5.76. The predicted molar refractivity (Wildman–Crippen MR) is 58.7 cm³/mol. The molecule has 0 radical (unpaired) electrons. The number of nitrogens with one attached hydrogen (secondary N) is 1. The summed E-state index contributed by atoms with van der Waals surface area (Å²) in [6.45, 7) is 9.92. The van der Waals surface area contributed by atoms with Gasteiger partial charge in [0.05, 0.1) is 11.2 Å². The van der Waals surface area contributed by atoms with Gasteiger partial charge in [-0.25, -0.2) is 0 Å². The second kappa shape index (κ2) is 3.29. The molecule has 15 heavy (non-hydrogen) atoms. The maximum Gasteiger partial charge on any atom is 0.144 e. The van der Waals surface area contributed by atoms with Crippen LogP contribution in [-0.2, 0) is 9.53 Å². The fraction of sp³-hybridized carbons (Fsp3) is 0.917. The van der Waals surface area contributed by atoms with Crippen LogP contribution in [0.5, 0.6) is 0 Å². The van der Waals surface area contributed by atoms with Crippen molar-refractivity contribution in [3.63, 3.8) is 0 Å². The minimum absolute atomic E-state index is 0.0691. The Hall–Kier alpha value is -0.410. The van der Waals surface area contributed by atoms with Crippen LogP contribution in [0.1, 0.15) is 34.1 Å². The molecular weight excluding hydrogens is 190 g/mol. The maximum absolute atomic E-state index is 12.2. The largest absolute Gasteiger partial charge is 0.369 e. The number of hydrogen-bond donors (Lipinski definition) is 1. The highest BCUT2D eigenvalue weighted by Crippen LogP contribution is 2.43. The van der Waals surface area contributed by atoms with E-state index in [4.69, 9.17) is 4.74 Å². The molecule has 0 aromatic carbocycles. The minimum atomic E-state index is -0.295. The first kappa shape index (κ1) is 11.1. The molecule has 2 heterocycles. The summed E-state index contributed by atoms with van der Waals surface area (Å²) in [6, 6.07) is 0. The van der Waals surface area contributed by atoms with Crippen LogP contribution < -0.4 is 5.32 Å². The van der Waals surface area contributed by atoms with Crippen LogP contribution in [0.3, 0.4) is 0 Å². The lowest BCUT2D eigenvalue weighted by Crippen LogP contribution is -2.50. The Bertz CT molecular complexity index is 279. The summed E-state index contributed by atoms with van der Waals surface area (Å²) in [5.74, 6) is 0.690. The molecule has 0 aromatic heterocycles. The topological polar surface area (TPSA) is 38.3 Å². The Kier molecular flexibility index (Phi) is 2.43. The molecule has 3 heteroatoms. The highest BCUT2D eigenvalue weighted by atomic mass is 16.5. The molecule has 1 unspecified atom stereocenters. The van der Waals surface area contributed by atoms with Gasteiger partial charge in [0, 0.05) is 24.9 Å². The quantitative estimate of drug-likeness (QED) is 0.749. The molecule has 1 atom stereocenters. The molecule has 0 aromatic rings. The molecule has 2 rings (SSSR count). The van der Waals surface area contributed by atoms with Gasteiger partial charge >= 0.3 is 0 Å². The summed E-state index contributed by atoms with van der Waals surface area (Å²) < 4.78 is 5.95. The van der Waals surface area contributed by atoms with Crippen molar-refractivity contribution in [1.82, 2.24) is 5.32 Å². The van der Waals surface area contributed by atoms with Gasteiger partial charge in [-0.15, -0.1) is 0 Å². The molecule has 2 aliphatic heterocycles. The van der Waals surface area contributed by atoms with E-state index in [-0.39, 0.29) is 23.0 Å². The third kappa shape index (κ3) is 1.95. The van der Waals surface area contributed by atoms with Crippen molar-refractivity contribution in [2.24, 2.45) is 11.8 Å². The number of carbonyl (C=O) groups is 1. The van der Waals surface area contributed by atoms with Gasteiger partial charge in [-0.1, -0.05) is 0 Å². The zero-order valence-corrected chi connectivity index (χ0v) is 10.1. The van der Waals surface area contributed by atoms with Crippen LogP contribution in [0.15, 0.2) is 0 Å². The highest BCUT2D eigenvalue weighted by molar-refractivity contribution is 5.86. The molecule has 3 nitrogen and oxygen atoms in total. The van der Waals surface area contributed by atoms with Gasteiger partial charge < -0.3 is 10.1 Å². The molecule has 2 fully saturated rings. The normalized spacial score (nSPS) is 33.7. The number of hydrogen-bond acceptors (Lipinski definition) is 3. The number of carbonyl (C=O) groups excluding carboxylic acids is 1. The summed E-state index contributed by atoms with van der Waals surface area (Å²) in [7, 11) is 0. The summed E-state index contributed by atoms with van der Waals surface area (Å²) in [5, 5.41) is 3.15. The zero-order valence-electron chi connectivity index (χ0n) is 10.1. The molecule has 0 aliphatic carbocycles. The molecule has 2 saturated heterocycles. The lowest BCUT2D eigenvalue weighted by molar-refractivity contribution is -0.134. The van der Waals surface area contributed by atoms with Crippen LogP contribution >= 0.6 is 0 Å². The molecule has 2 aliphatic rings. The van der Waals surface area contributed by atoms with Crippen LogP contribution in [0, 0.1) is 11.8 Å². The molecule has 0 saturated carbocycles. The standard InChI is InChI=1S/C12H21NO2/c1-11(2)5-9(12(3,4)15-11)10(14)8-6-13-7-8/h8-9,13H,5-7H2,1-4H3. The minimum Gasteiger partial charge on any atom is -0.369 e. The lowest BCUT2D eigenvalue weighted by Gasteiger charge is -2.32. The second-order valence-electron chi connectivity index (χ2n) is 5.98. The van der Waals surface area contributed by atoms with E-state index < -0.39 is 0 Å². The van der Waals surface area contributed by atoms with Crippen molar-refractivity contribution in [3.05, 3.63) is 0 Å². The van der Waals surface area contributed by atoms with Crippen molar-refractivity contribution < 1.29 is 9.53 Å².